The van der Waals surface area contributed by atoms with Gasteiger partial charge in [0.1, 0.15) is 5.58 Å². The summed E-state index contributed by atoms with van der Waals surface area (Å²) in [6.45, 7) is 3.82. The van der Waals surface area contributed by atoms with Gasteiger partial charge >= 0.3 is 5.63 Å². The Morgan fingerprint density at radius 2 is 2.14 bits per heavy atom. The SMILES string of the molecule is Cc1cnn(C(=S)Nc2ccc3c(C)cc(=O)oc3c2)c1. The van der Waals surface area contributed by atoms with Gasteiger partial charge in [0.25, 0.3) is 0 Å². The van der Waals surface area contributed by atoms with E-state index in [-0.39, 0.29) is 5.63 Å². The number of benzene rings is 1. The first-order chi connectivity index (χ1) is 10.0. The van der Waals surface area contributed by atoms with Crippen LogP contribution in [-0.2, 0) is 0 Å². The monoisotopic (exact) mass is 299 g/mol. The van der Waals surface area contributed by atoms with Crippen LogP contribution >= 0.6 is 12.2 Å². The van der Waals surface area contributed by atoms with Crippen LogP contribution < -0.4 is 10.9 Å². The van der Waals surface area contributed by atoms with Gasteiger partial charge < -0.3 is 9.73 Å². The molecule has 6 heteroatoms. The van der Waals surface area contributed by atoms with E-state index in [1.165, 1.54) is 6.07 Å². The van der Waals surface area contributed by atoms with Crippen molar-refractivity contribution in [2.45, 2.75) is 13.8 Å². The second-order valence-corrected chi connectivity index (χ2v) is 5.24. The van der Waals surface area contributed by atoms with Gasteiger partial charge in [-0.3, -0.25) is 0 Å². The van der Waals surface area contributed by atoms with Crippen LogP contribution in [0.1, 0.15) is 11.1 Å². The molecular weight excluding hydrogens is 286 g/mol. The van der Waals surface area contributed by atoms with Crippen molar-refractivity contribution in [2.24, 2.45) is 0 Å². The molecule has 0 aliphatic carbocycles. The van der Waals surface area contributed by atoms with Gasteiger partial charge in [-0.2, -0.15) is 5.10 Å². The summed E-state index contributed by atoms with van der Waals surface area (Å²) in [7, 11) is 0. The molecule has 106 valence electrons. The molecule has 0 radical (unpaired) electrons. The summed E-state index contributed by atoms with van der Waals surface area (Å²) in [5.41, 5.74) is 2.83. The molecule has 0 aliphatic heterocycles. The Bertz CT molecular complexity index is 895. The zero-order valence-electron chi connectivity index (χ0n) is 11.6. The Balaban J connectivity index is 1.94. The van der Waals surface area contributed by atoms with Crippen molar-refractivity contribution in [3.05, 3.63) is 58.2 Å². The van der Waals surface area contributed by atoms with Crippen LogP contribution in [0.4, 0.5) is 5.69 Å². The number of aromatic nitrogens is 2. The molecule has 5 nitrogen and oxygen atoms in total. The number of anilines is 1. The summed E-state index contributed by atoms with van der Waals surface area (Å²) in [5.74, 6) is 0. The maximum Gasteiger partial charge on any atom is 0.336 e. The number of thiocarbonyl (C=S) groups is 1. The smallest absolute Gasteiger partial charge is 0.336 e. The van der Waals surface area contributed by atoms with Crippen LogP contribution in [0, 0.1) is 13.8 Å². The third-order valence-corrected chi connectivity index (χ3v) is 3.41. The molecule has 21 heavy (non-hydrogen) atoms. The zero-order chi connectivity index (χ0) is 15.0. The van der Waals surface area contributed by atoms with E-state index in [0.29, 0.717) is 10.7 Å². The van der Waals surface area contributed by atoms with E-state index in [9.17, 15) is 4.79 Å². The highest BCUT2D eigenvalue weighted by Crippen LogP contribution is 2.20. The van der Waals surface area contributed by atoms with E-state index in [4.69, 9.17) is 16.6 Å². The van der Waals surface area contributed by atoms with Gasteiger partial charge in [-0.1, -0.05) is 0 Å². The standard InChI is InChI=1S/C15H13N3O2S/c1-9-7-16-18(8-9)15(21)17-11-3-4-12-10(2)5-14(19)20-13(12)6-11/h3-8H,1-2H3,(H,17,21). The van der Waals surface area contributed by atoms with Crippen LogP contribution in [0.3, 0.4) is 0 Å². The summed E-state index contributed by atoms with van der Waals surface area (Å²) >= 11 is 5.29. The van der Waals surface area contributed by atoms with Gasteiger partial charge in [0.15, 0.2) is 5.11 Å². The molecule has 0 saturated carbocycles. The molecule has 1 aromatic carbocycles. The lowest BCUT2D eigenvalue weighted by molar-refractivity contribution is 0.560. The maximum atomic E-state index is 11.4. The van der Waals surface area contributed by atoms with E-state index in [0.717, 1.165) is 22.2 Å². The summed E-state index contributed by atoms with van der Waals surface area (Å²) in [5, 5.41) is 8.57. The van der Waals surface area contributed by atoms with Crippen LogP contribution in [-0.4, -0.2) is 14.9 Å². The number of nitrogens with zero attached hydrogens (tertiary/aromatic N) is 2. The van der Waals surface area contributed by atoms with Gasteiger partial charge in [-0.05, 0) is 49.3 Å². The Hall–Kier alpha value is -2.47. The average Bonchev–Trinajstić information content (AvgIpc) is 2.85. The summed E-state index contributed by atoms with van der Waals surface area (Å²) in [6, 6.07) is 7.02. The normalized spacial score (nSPS) is 10.8. The van der Waals surface area contributed by atoms with Crippen molar-refractivity contribution in [3.8, 4) is 0 Å². The van der Waals surface area contributed by atoms with Crippen molar-refractivity contribution >= 4 is 34.0 Å². The third-order valence-electron chi connectivity index (χ3n) is 3.12. The van der Waals surface area contributed by atoms with Crippen molar-refractivity contribution < 1.29 is 4.42 Å². The van der Waals surface area contributed by atoms with Crippen molar-refractivity contribution in [2.75, 3.05) is 5.32 Å². The molecule has 3 rings (SSSR count). The quantitative estimate of drug-likeness (QED) is 0.553. The molecule has 2 heterocycles. The number of fused-ring (bicyclic) bond motifs is 1. The van der Waals surface area contributed by atoms with E-state index >= 15 is 0 Å². The van der Waals surface area contributed by atoms with E-state index in [1.807, 2.05) is 32.2 Å². The van der Waals surface area contributed by atoms with Crippen LogP contribution in [0.2, 0.25) is 0 Å². The fourth-order valence-corrected chi connectivity index (χ4v) is 2.33. The first-order valence-electron chi connectivity index (χ1n) is 6.40. The van der Waals surface area contributed by atoms with Gasteiger partial charge in [0.2, 0.25) is 0 Å². The summed E-state index contributed by atoms with van der Waals surface area (Å²) in [6.07, 6.45) is 3.57. The molecule has 0 bridgehead atoms. The highest BCUT2D eigenvalue weighted by Gasteiger charge is 2.06. The van der Waals surface area contributed by atoms with Gasteiger partial charge in [0.05, 0.1) is 6.20 Å². The fraction of sp³-hybridized carbons (Fsp3) is 0.133. The van der Waals surface area contributed by atoms with E-state index < -0.39 is 0 Å². The highest BCUT2D eigenvalue weighted by atomic mass is 32.1. The highest BCUT2D eigenvalue weighted by molar-refractivity contribution is 7.80. The minimum atomic E-state index is -0.359. The first kappa shape index (κ1) is 13.5. The first-order valence-corrected chi connectivity index (χ1v) is 6.81. The predicted molar refractivity (Wildman–Crippen MR) is 85.8 cm³/mol. The van der Waals surface area contributed by atoms with Crippen LogP contribution in [0.15, 0.2) is 45.9 Å². The molecule has 0 unspecified atom stereocenters. The average molecular weight is 299 g/mol. The second-order valence-electron chi connectivity index (χ2n) is 4.85. The lowest BCUT2D eigenvalue weighted by atomic mass is 10.1. The fourth-order valence-electron chi connectivity index (χ4n) is 2.11. The molecule has 0 aliphatic rings. The lowest BCUT2D eigenvalue weighted by Gasteiger charge is -2.08. The van der Waals surface area contributed by atoms with Gasteiger partial charge in [0, 0.05) is 29.4 Å². The zero-order valence-corrected chi connectivity index (χ0v) is 12.4. The molecule has 0 fully saturated rings. The Morgan fingerprint density at radius 3 is 2.86 bits per heavy atom. The number of nitrogens with one attached hydrogen (secondary N) is 1. The van der Waals surface area contributed by atoms with E-state index in [2.05, 4.69) is 10.4 Å². The topological polar surface area (TPSA) is 60.1 Å². The number of hydrogen-bond donors (Lipinski definition) is 1. The Kier molecular flexibility index (Phi) is 3.31. The second kappa shape index (κ2) is 5.14. The molecule has 3 aromatic rings. The number of rotatable bonds is 1. The van der Waals surface area contributed by atoms with Crippen LogP contribution in [0.5, 0.6) is 0 Å². The number of aryl methyl sites for hydroxylation is 2. The van der Waals surface area contributed by atoms with E-state index in [1.54, 1.807) is 16.9 Å². The van der Waals surface area contributed by atoms with Gasteiger partial charge in [-0.25, -0.2) is 9.48 Å². The van der Waals surface area contributed by atoms with Crippen molar-refractivity contribution in [1.29, 1.82) is 0 Å². The largest absolute Gasteiger partial charge is 0.423 e. The molecule has 0 spiro atoms. The summed E-state index contributed by atoms with van der Waals surface area (Å²) < 4.78 is 6.80. The van der Waals surface area contributed by atoms with Crippen LogP contribution in [0.25, 0.3) is 11.0 Å². The summed E-state index contributed by atoms with van der Waals surface area (Å²) in [4.78, 5) is 11.4. The molecule has 2 aromatic heterocycles. The Morgan fingerprint density at radius 1 is 1.33 bits per heavy atom. The third kappa shape index (κ3) is 2.71. The minimum Gasteiger partial charge on any atom is -0.423 e. The molecule has 0 atom stereocenters. The van der Waals surface area contributed by atoms with Gasteiger partial charge in [-0.15, -0.1) is 0 Å². The van der Waals surface area contributed by atoms with Crippen molar-refractivity contribution in [1.82, 2.24) is 9.78 Å². The van der Waals surface area contributed by atoms with Crippen molar-refractivity contribution in [3.63, 3.8) is 0 Å². The molecule has 1 N–H and O–H groups in total. The molecule has 0 amide bonds. The minimum absolute atomic E-state index is 0.359. The molecule has 0 saturated heterocycles. The maximum absolute atomic E-state index is 11.4. The predicted octanol–water partition coefficient (Wildman–Crippen LogP) is 2.85. The number of hydrogen-bond acceptors (Lipinski definition) is 4. The molecular formula is C15H13N3O2S. The Labute approximate surface area is 126 Å². The lowest BCUT2D eigenvalue weighted by Crippen LogP contribution is -2.19.